The Hall–Kier alpha value is -2.33. The van der Waals surface area contributed by atoms with E-state index in [1.165, 1.54) is 6.92 Å². The van der Waals surface area contributed by atoms with E-state index in [4.69, 9.17) is 16.3 Å². The van der Waals surface area contributed by atoms with Crippen LogP contribution in [0.3, 0.4) is 0 Å². The van der Waals surface area contributed by atoms with E-state index in [9.17, 15) is 9.59 Å². The molecule has 2 rings (SSSR count). The average Bonchev–Trinajstić information content (AvgIpc) is 2.51. The van der Waals surface area contributed by atoms with Crippen molar-refractivity contribution in [3.05, 3.63) is 58.6 Å². The molecule has 1 amide bonds. The van der Waals surface area contributed by atoms with Crippen LogP contribution in [0.4, 0.5) is 5.69 Å². The van der Waals surface area contributed by atoms with Gasteiger partial charge in [-0.15, -0.1) is 0 Å². The van der Waals surface area contributed by atoms with Crippen LogP contribution in [0.15, 0.2) is 42.5 Å². The van der Waals surface area contributed by atoms with Gasteiger partial charge in [0.1, 0.15) is 5.75 Å². The van der Waals surface area contributed by atoms with Crippen molar-refractivity contribution in [2.75, 3.05) is 5.32 Å². The maximum absolute atomic E-state index is 12.2. The molecule has 1 atom stereocenters. The van der Waals surface area contributed by atoms with Crippen LogP contribution >= 0.6 is 11.6 Å². The summed E-state index contributed by atoms with van der Waals surface area (Å²) in [7, 11) is 0. The Labute approximate surface area is 140 Å². The van der Waals surface area contributed by atoms with Gasteiger partial charge in [-0.25, -0.2) is 0 Å². The van der Waals surface area contributed by atoms with Gasteiger partial charge in [0.05, 0.1) is 0 Å². The molecule has 0 radical (unpaired) electrons. The number of hydrogen-bond acceptors (Lipinski definition) is 3. The highest BCUT2D eigenvalue weighted by molar-refractivity contribution is 6.31. The number of amides is 1. The van der Waals surface area contributed by atoms with Gasteiger partial charge in [0.2, 0.25) is 0 Å². The topological polar surface area (TPSA) is 55.4 Å². The lowest BCUT2D eigenvalue weighted by atomic mass is 10.1. The van der Waals surface area contributed by atoms with E-state index < -0.39 is 6.10 Å². The number of carbonyl (C=O) groups is 2. The highest BCUT2D eigenvalue weighted by Crippen LogP contribution is 2.22. The van der Waals surface area contributed by atoms with Crippen LogP contribution in [0.1, 0.15) is 29.8 Å². The zero-order valence-corrected chi connectivity index (χ0v) is 14.0. The molecule has 0 fully saturated rings. The molecule has 0 aromatic heterocycles. The summed E-state index contributed by atoms with van der Waals surface area (Å²) in [5.41, 5.74) is 1.99. The molecule has 0 bridgehead atoms. The molecule has 0 aliphatic carbocycles. The number of halogens is 1. The second kappa shape index (κ2) is 7.29. The third kappa shape index (κ3) is 4.57. The monoisotopic (exact) mass is 331 g/mol. The molecule has 0 saturated heterocycles. The minimum atomic E-state index is -0.684. The van der Waals surface area contributed by atoms with Crippen LogP contribution in [-0.2, 0) is 4.79 Å². The van der Waals surface area contributed by atoms with Gasteiger partial charge in [0, 0.05) is 16.3 Å². The standard InChI is InChI=1S/C18H18ClNO3/c1-11-9-16(7-8-17(11)19)23-13(3)18(22)20-15-6-4-5-14(10-15)12(2)21/h4-10,13H,1-3H3,(H,20,22). The molecular formula is C18H18ClNO3. The molecule has 0 aliphatic rings. The molecular weight excluding hydrogens is 314 g/mol. The van der Waals surface area contributed by atoms with Gasteiger partial charge in [0.25, 0.3) is 5.91 Å². The van der Waals surface area contributed by atoms with Crippen LogP contribution in [0.25, 0.3) is 0 Å². The Morgan fingerprint density at radius 1 is 1.17 bits per heavy atom. The summed E-state index contributed by atoms with van der Waals surface area (Å²) in [6.45, 7) is 5.01. The maximum Gasteiger partial charge on any atom is 0.265 e. The third-order valence-electron chi connectivity index (χ3n) is 3.35. The van der Waals surface area contributed by atoms with Crippen molar-refractivity contribution in [1.29, 1.82) is 0 Å². The van der Waals surface area contributed by atoms with Crippen LogP contribution in [0.2, 0.25) is 5.02 Å². The van der Waals surface area contributed by atoms with Crippen molar-refractivity contribution in [1.82, 2.24) is 0 Å². The Balaban J connectivity index is 2.03. The fraction of sp³-hybridized carbons (Fsp3) is 0.222. The number of carbonyl (C=O) groups excluding carboxylic acids is 2. The van der Waals surface area contributed by atoms with E-state index in [0.29, 0.717) is 22.0 Å². The summed E-state index contributed by atoms with van der Waals surface area (Å²) in [4.78, 5) is 23.6. The number of ketones is 1. The highest BCUT2D eigenvalue weighted by Gasteiger charge is 2.15. The quantitative estimate of drug-likeness (QED) is 0.833. The summed E-state index contributed by atoms with van der Waals surface area (Å²) >= 11 is 5.97. The highest BCUT2D eigenvalue weighted by atomic mass is 35.5. The van der Waals surface area contributed by atoms with Crippen LogP contribution in [0.5, 0.6) is 5.75 Å². The number of ether oxygens (including phenoxy) is 1. The van der Waals surface area contributed by atoms with Gasteiger partial charge in [-0.1, -0.05) is 23.7 Å². The fourth-order valence-electron chi connectivity index (χ4n) is 2.01. The van der Waals surface area contributed by atoms with E-state index in [1.54, 1.807) is 49.4 Å². The predicted molar refractivity (Wildman–Crippen MR) is 91.4 cm³/mol. The van der Waals surface area contributed by atoms with Gasteiger partial charge < -0.3 is 10.1 Å². The summed E-state index contributed by atoms with van der Waals surface area (Å²) in [6, 6.07) is 12.0. The molecule has 4 nitrogen and oxygen atoms in total. The summed E-state index contributed by atoms with van der Waals surface area (Å²) in [5.74, 6) is 0.229. The number of rotatable bonds is 5. The van der Waals surface area contributed by atoms with E-state index in [0.717, 1.165) is 5.56 Å². The molecule has 2 aromatic rings. The summed E-state index contributed by atoms with van der Waals surface area (Å²) in [5, 5.41) is 3.39. The smallest absolute Gasteiger partial charge is 0.265 e. The molecule has 23 heavy (non-hydrogen) atoms. The zero-order chi connectivity index (χ0) is 17.0. The molecule has 120 valence electrons. The minimum Gasteiger partial charge on any atom is -0.481 e. The molecule has 0 aliphatic heterocycles. The molecule has 0 heterocycles. The number of aryl methyl sites for hydroxylation is 1. The van der Waals surface area contributed by atoms with Crippen LogP contribution < -0.4 is 10.1 Å². The second-order valence-electron chi connectivity index (χ2n) is 5.30. The first-order valence-electron chi connectivity index (χ1n) is 7.21. The van der Waals surface area contributed by atoms with E-state index in [1.807, 2.05) is 6.92 Å². The SMILES string of the molecule is CC(=O)c1cccc(NC(=O)C(C)Oc2ccc(Cl)c(C)c2)c1. The van der Waals surface area contributed by atoms with Gasteiger partial charge in [-0.05, 0) is 56.7 Å². The molecule has 0 saturated carbocycles. The van der Waals surface area contributed by atoms with Crippen molar-refractivity contribution in [3.8, 4) is 5.75 Å². The zero-order valence-electron chi connectivity index (χ0n) is 13.2. The lowest BCUT2D eigenvalue weighted by Gasteiger charge is -2.15. The van der Waals surface area contributed by atoms with Gasteiger partial charge in [0.15, 0.2) is 11.9 Å². The molecule has 1 unspecified atom stereocenters. The van der Waals surface area contributed by atoms with Crippen LogP contribution in [0, 0.1) is 6.92 Å². The number of benzene rings is 2. The van der Waals surface area contributed by atoms with E-state index in [2.05, 4.69) is 5.32 Å². The average molecular weight is 332 g/mol. The summed E-state index contributed by atoms with van der Waals surface area (Å²) < 4.78 is 5.62. The Bertz CT molecular complexity index is 743. The molecule has 0 spiro atoms. The van der Waals surface area contributed by atoms with E-state index in [-0.39, 0.29) is 11.7 Å². The van der Waals surface area contributed by atoms with Gasteiger partial charge >= 0.3 is 0 Å². The number of nitrogens with one attached hydrogen (secondary N) is 1. The minimum absolute atomic E-state index is 0.0537. The fourth-order valence-corrected chi connectivity index (χ4v) is 2.13. The van der Waals surface area contributed by atoms with Crippen molar-refractivity contribution >= 4 is 29.0 Å². The maximum atomic E-state index is 12.2. The second-order valence-corrected chi connectivity index (χ2v) is 5.70. The lowest BCUT2D eigenvalue weighted by molar-refractivity contribution is -0.122. The molecule has 2 aromatic carbocycles. The first kappa shape index (κ1) is 17.0. The number of hydrogen-bond donors (Lipinski definition) is 1. The Kier molecular flexibility index (Phi) is 5.40. The van der Waals surface area contributed by atoms with Crippen LogP contribution in [-0.4, -0.2) is 17.8 Å². The van der Waals surface area contributed by atoms with Gasteiger partial charge in [-0.2, -0.15) is 0 Å². The first-order valence-corrected chi connectivity index (χ1v) is 7.59. The van der Waals surface area contributed by atoms with Crippen molar-refractivity contribution < 1.29 is 14.3 Å². The third-order valence-corrected chi connectivity index (χ3v) is 3.77. The predicted octanol–water partition coefficient (Wildman–Crippen LogP) is 4.26. The van der Waals surface area contributed by atoms with Gasteiger partial charge in [-0.3, -0.25) is 9.59 Å². The Morgan fingerprint density at radius 3 is 2.57 bits per heavy atom. The van der Waals surface area contributed by atoms with Crippen molar-refractivity contribution in [2.45, 2.75) is 26.9 Å². The van der Waals surface area contributed by atoms with Crippen molar-refractivity contribution in [3.63, 3.8) is 0 Å². The molecule has 5 heteroatoms. The largest absolute Gasteiger partial charge is 0.481 e. The molecule has 1 N–H and O–H groups in total. The first-order chi connectivity index (χ1) is 10.9. The number of anilines is 1. The lowest BCUT2D eigenvalue weighted by Crippen LogP contribution is -2.30. The Morgan fingerprint density at radius 2 is 1.91 bits per heavy atom. The number of Topliss-reactive ketones (excluding diaryl/α,β-unsaturated/α-hetero) is 1. The normalized spacial score (nSPS) is 11.7. The summed E-state index contributed by atoms with van der Waals surface area (Å²) in [6.07, 6.45) is -0.684. The van der Waals surface area contributed by atoms with Crippen molar-refractivity contribution in [2.24, 2.45) is 0 Å². The van der Waals surface area contributed by atoms with E-state index >= 15 is 0 Å².